The fourth-order valence-corrected chi connectivity index (χ4v) is 1.82. The first-order valence-electron chi connectivity index (χ1n) is 6.36. The zero-order valence-electron chi connectivity index (χ0n) is 11.2. The minimum atomic E-state index is 0.485. The lowest BCUT2D eigenvalue weighted by atomic mass is 10.2. The van der Waals surface area contributed by atoms with Crippen LogP contribution in [0.5, 0.6) is 5.75 Å². The van der Waals surface area contributed by atoms with E-state index in [0.717, 1.165) is 24.1 Å². The van der Waals surface area contributed by atoms with Crippen molar-refractivity contribution in [3.8, 4) is 5.75 Å². The summed E-state index contributed by atoms with van der Waals surface area (Å²) in [7, 11) is 0. The Hall–Kier alpha value is -1.28. The average Bonchev–Trinajstić information content (AvgIpc) is 2.41. The Morgan fingerprint density at radius 2 is 2.06 bits per heavy atom. The van der Waals surface area contributed by atoms with Crippen LogP contribution >= 0.6 is 11.6 Å². The van der Waals surface area contributed by atoms with Crippen LogP contribution in [0.1, 0.15) is 32.3 Å². The maximum atomic E-state index is 6.06. The maximum absolute atomic E-state index is 6.06. The van der Waals surface area contributed by atoms with Gasteiger partial charge in [-0.25, -0.2) is 0 Å². The van der Waals surface area contributed by atoms with Crippen LogP contribution in [0.15, 0.2) is 35.0 Å². The fraction of sp³-hybridized carbons (Fsp3) is 0.400. The summed E-state index contributed by atoms with van der Waals surface area (Å²) in [6.07, 6.45) is 6.09. The average molecular weight is 266 g/mol. The molecule has 0 atom stereocenters. The standard InChI is InChI=1S/C13H14ClNO.C2H6/c1-10-5-6-13(12(14)8-10)16-9-11-4-2-3-7-15-11;1-2/h4-8H,2-3,9H2,1H3;1-2H3. The molecular weight excluding hydrogens is 246 g/mol. The maximum Gasteiger partial charge on any atom is 0.138 e. The molecule has 0 saturated heterocycles. The molecule has 2 rings (SSSR count). The van der Waals surface area contributed by atoms with Crippen LogP contribution < -0.4 is 4.74 Å². The van der Waals surface area contributed by atoms with Gasteiger partial charge in [0.15, 0.2) is 0 Å². The molecule has 1 aromatic rings. The second kappa shape index (κ2) is 7.93. The van der Waals surface area contributed by atoms with Crippen molar-refractivity contribution >= 4 is 17.8 Å². The summed E-state index contributed by atoms with van der Waals surface area (Å²) in [6.45, 7) is 6.49. The molecule has 0 radical (unpaired) electrons. The van der Waals surface area contributed by atoms with Gasteiger partial charge >= 0.3 is 0 Å². The van der Waals surface area contributed by atoms with Crippen LogP contribution in [0.4, 0.5) is 0 Å². The highest BCUT2D eigenvalue weighted by molar-refractivity contribution is 6.32. The molecular formula is C15H20ClNO. The molecule has 1 aromatic carbocycles. The van der Waals surface area contributed by atoms with Gasteiger partial charge in [-0.2, -0.15) is 0 Å². The third-order valence-electron chi connectivity index (χ3n) is 2.40. The number of ether oxygens (including phenoxy) is 1. The highest BCUT2D eigenvalue weighted by atomic mass is 35.5. The Balaban J connectivity index is 0.000000771. The zero-order chi connectivity index (χ0) is 13.4. The normalized spacial score (nSPS) is 13.4. The Kier molecular flexibility index (Phi) is 6.51. The lowest BCUT2D eigenvalue weighted by Crippen LogP contribution is -2.02. The van der Waals surface area contributed by atoms with Gasteiger partial charge in [-0.3, -0.25) is 4.99 Å². The molecule has 0 amide bonds. The number of rotatable bonds is 3. The van der Waals surface area contributed by atoms with E-state index in [1.165, 1.54) is 0 Å². The number of benzene rings is 1. The summed E-state index contributed by atoms with van der Waals surface area (Å²) < 4.78 is 5.62. The van der Waals surface area contributed by atoms with Gasteiger partial charge in [0, 0.05) is 6.21 Å². The third-order valence-corrected chi connectivity index (χ3v) is 2.69. The summed E-state index contributed by atoms with van der Waals surface area (Å²) >= 11 is 6.06. The Bertz CT molecular complexity index is 438. The van der Waals surface area contributed by atoms with E-state index < -0.39 is 0 Å². The molecule has 3 heteroatoms. The van der Waals surface area contributed by atoms with E-state index in [9.17, 15) is 0 Å². The summed E-state index contributed by atoms with van der Waals surface area (Å²) in [5.41, 5.74) is 2.11. The van der Waals surface area contributed by atoms with Gasteiger partial charge in [0.25, 0.3) is 0 Å². The predicted molar refractivity (Wildman–Crippen MR) is 78.8 cm³/mol. The van der Waals surface area contributed by atoms with Gasteiger partial charge < -0.3 is 4.74 Å². The first-order chi connectivity index (χ1) is 8.75. The number of hydrogen-bond donors (Lipinski definition) is 0. The quantitative estimate of drug-likeness (QED) is 0.769. The first kappa shape index (κ1) is 14.8. The fourth-order valence-electron chi connectivity index (χ4n) is 1.53. The molecule has 0 bridgehead atoms. The number of aryl methyl sites for hydroxylation is 1. The number of halogens is 1. The lowest BCUT2D eigenvalue weighted by Gasteiger charge is -2.10. The van der Waals surface area contributed by atoms with Crippen molar-refractivity contribution in [3.05, 3.63) is 40.6 Å². The van der Waals surface area contributed by atoms with Gasteiger partial charge in [0.2, 0.25) is 0 Å². The van der Waals surface area contributed by atoms with E-state index in [4.69, 9.17) is 16.3 Å². The monoisotopic (exact) mass is 265 g/mol. The van der Waals surface area contributed by atoms with Gasteiger partial charge in [-0.1, -0.05) is 37.6 Å². The Labute approximate surface area is 114 Å². The van der Waals surface area contributed by atoms with Crippen LogP contribution in [0.3, 0.4) is 0 Å². The van der Waals surface area contributed by atoms with Crippen LogP contribution in [0, 0.1) is 6.92 Å². The lowest BCUT2D eigenvalue weighted by molar-refractivity contribution is 0.350. The van der Waals surface area contributed by atoms with E-state index in [1.54, 1.807) is 0 Å². The van der Waals surface area contributed by atoms with Crippen molar-refractivity contribution in [2.75, 3.05) is 6.61 Å². The van der Waals surface area contributed by atoms with Gasteiger partial charge in [-0.15, -0.1) is 0 Å². The smallest absolute Gasteiger partial charge is 0.138 e. The number of allylic oxidation sites excluding steroid dienone is 1. The van der Waals surface area contributed by atoms with Crippen LogP contribution in [0.25, 0.3) is 0 Å². The first-order valence-corrected chi connectivity index (χ1v) is 6.74. The molecule has 18 heavy (non-hydrogen) atoms. The minimum absolute atomic E-state index is 0.485. The van der Waals surface area contributed by atoms with Crippen molar-refractivity contribution in [3.63, 3.8) is 0 Å². The molecule has 1 aliphatic heterocycles. The molecule has 0 saturated carbocycles. The summed E-state index contributed by atoms with van der Waals surface area (Å²) in [4.78, 5) is 4.26. The molecule has 98 valence electrons. The number of nitrogens with zero attached hydrogens (tertiary/aromatic N) is 1. The van der Waals surface area contributed by atoms with Crippen molar-refractivity contribution in [1.29, 1.82) is 0 Å². The number of hydrogen-bond acceptors (Lipinski definition) is 2. The molecule has 0 fully saturated rings. The van der Waals surface area contributed by atoms with Crippen LogP contribution in [0.2, 0.25) is 5.02 Å². The van der Waals surface area contributed by atoms with Crippen molar-refractivity contribution in [1.82, 2.24) is 0 Å². The molecule has 0 aliphatic carbocycles. The van der Waals surface area contributed by atoms with Gasteiger partial charge in [0.1, 0.15) is 12.4 Å². The Morgan fingerprint density at radius 3 is 2.67 bits per heavy atom. The molecule has 1 aliphatic rings. The van der Waals surface area contributed by atoms with Crippen molar-refractivity contribution in [2.45, 2.75) is 33.6 Å². The van der Waals surface area contributed by atoms with E-state index in [2.05, 4.69) is 11.1 Å². The summed E-state index contributed by atoms with van der Waals surface area (Å²) in [5, 5.41) is 0.653. The zero-order valence-corrected chi connectivity index (χ0v) is 12.0. The van der Waals surface area contributed by atoms with E-state index in [0.29, 0.717) is 17.4 Å². The largest absolute Gasteiger partial charge is 0.486 e. The third kappa shape index (κ3) is 4.53. The van der Waals surface area contributed by atoms with E-state index in [-0.39, 0.29) is 0 Å². The number of aliphatic imine (C=N–C) groups is 1. The predicted octanol–water partition coefficient (Wildman–Crippen LogP) is 4.80. The highest BCUT2D eigenvalue weighted by Crippen LogP contribution is 2.25. The summed E-state index contributed by atoms with van der Waals surface area (Å²) in [6, 6.07) is 5.78. The SMILES string of the molecule is CC.Cc1ccc(OCC2=CCCC=N2)c(Cl)c1. The van der Waals surface area contributed by atoms with E-state index >= 15 is 0 Å². The summed E-state index contributed by atoms with van der Waals surface area (Å²) in [5.74, 6) is 0.717. The molecule has 0 aromatic heterocycles. The molecule has 0 N–H and O–H groups in total. The molecule has 2 nitrogen and oxygen atoms in total. The molecule has 0 unspecified atom stereocenters. The Morgan fingerprint density at radius 1 is 1.28 bits per heavy atom. The second-order valence-corrected chi connectivity index (χ2v) is 4.21. The van der Waals surface area contributed by atoms with Gasteiger partial charge in [-0.05, 0) is 37.5 Å². The second-order valence-electron chi connectivity index (χ2n) is 3.81. The highest BCUT2D eigenvalue weighted by Gasteiger charge is 2.04. The van der Waals surface area contributed by atoms with Crippen molar-refractivity contribution < 1.29 is 4.74 Å². The molecule has 1 heterocycles. The topological polar surface area (TPSA) is 21.6 Å². The van der Waals surface area contributed by atoms with Crippen molar-refractivity contribution in [2.24, 2.45) is 4.99 Å². The molecule has 0 spiro atoms. The van der Waals surface area contributed by atoms with E-state index in [1.807, 2.05) is 45.2 Å². The van der Waals surface area contributed by atoms with Gasteiger partial charge in [0.05, 0.1) is 10.7 Å². The van der Waals surface area contributed by atoms with Crippen LogP contribution in [-0.2, 0) is 0 Å². The van der Waals surface area contributed by atoms with Crippen LogP contribution in [-0.4, -0.2) is 12.8 Å². The minimum Gasteiger partial charge on any atom is -0.486 e.